The number of esters is 2. The van der Waals surface area contributed by atoms with Crippen molar-refractivity contribution >= 4 is 24.1 Å². The Morgan fingerprint density at radius 1 is 0.854 bits per heavy atom. The lowest BCUT2D eigenvalue weighted by Crippen LogP contribution is -2.42. The van der Waals surface area contributed by atoms with Crippen LogP contribution in [0.5, 0.6) is 11.5 Å². The van der Waals surface area contributed by atoms with E-state index in [0.29, 0.717) is 18.4 Å². The van der Waals surface area contributed by atoms with Crippen LogP contribution >= 0.6 is 0 Å². The normalized spacial score (nSPS) is 14.7. The first-order chi connectivity index (χ1) is 19.4. The van der Waals surface area contributed by atoms with Gasteiger partial charge in [-0.1, -0.05) is 72.8 Å². The molecule has 0 saturated carbocycles. The molecule has 1 rings (SSSR count). The topological polar surface area (TPSA) is 151 Å². The molecule has 0 saturated heterocycles. The van der Waals surface area contributed by atoms with Crippen LogP contribution in [0.3, 0.4) is 0 Å². The molecule has 41 heavy (non-hydrogen) atoms. The molecule has 232 valence electrons. The number of ether oxygens (including phenoxy) is 4. The number of hydrogen-bond donors (Lipinski definition) is 2. The van der Waals surface area contributed by atoms with Crippen molar-refractivity contribution in [3.63, 3.8) is 0 Å². The monoisotopic (exact) mass is 579 g/mol. The molecule has 0 amide bonds. The summed E-state index contributed by atoms with van der Waals surface area (Å²) < 4.78 is 21.8. The predicted octanol–water partition coefficient (Wildman–Crippen LogP) is 6.38. The minimum atomic E-state index is -1.37. The summed E-state index contributed by atoms with van der Waals surface area (Å²) in [5.41, 5.74) is 6.56. The third-order valence-corrected chi connectivity index (χ3v) is 7.21. The summed E-state index contributed by atoms with van der Waals surface area (Å²) in [6.45, 7) is 11.5. The number of nitrogens with two attached hydrogens (primary N) is 1. The highest BCUT2D eigenvalue weighted by molar-refractivity contribution is 5.77. The van der Waals surface area contributed by atoms with Gasteiger partial charge in [-0.05, 0) is 43.4 Å². The summed E-state index contributed by atoms with van der Waals surface area (Å²) in [7, 11) is 0. The van der Waals surface area contributed by atoms with Gasteiger partial charge in [0.1, 0.15) is 12.1 Å². The lowest BCUT2D eigenvalue weighted by atomic mass is 9.79. The van der Waals surface area contributed by atoms with Crippen molar-refractivity contribution in [3.05, 3.63) is 23.8 Å². The van der Waals surface area contributed by atoms with Crippen LogP contribution < -0.4 is 15.2 Å². The Hall–Kier alpha value is -3.14. The highest BCUT2D eigenvalue weighted by Crippen LogP contribution is 2.37. The number of rotatable bonds is 19. The van der Waals surface area contributed by atoms with E-state index in [1.165, 1.54) is 12.1 Å². The average molecular weight is 580 g/mol. The zero-order chi connectivity index (χ0) is 30.9. The van der Waals surface area contributed by atoms with E-state index in [-0.39, 0.29) is 36.9 Å². The van der Waals surface area contributed by atoms with Gasteiger partial charge in [-0.25, -0.2) is 4.79 Å². The largest absolute Gasteiger partial charge is 0.508 e. The number of carboxylic acid groups (broad SMARTS) is 1. The first-order valence-corrected chi connectivity index (χ1v) is 14.8. The molecule has 10 heteroatoms. The third-order valence-electron chi connectivity index (χ3n) is 7.21. The van der Waals surface area contributed by atoms with E-state index in [1.807, 2.05) is 27.7 Å². The average Bonchev–Trinajstić information content (AvgIpc) is 2.93. The standard InChI is InChI=1S/C31H49NO9/c1-7-10-12-14-26(33)40-24-17-16-23(18-25(24)41-27(34)15-13-11-8-2)28(29(32)30(35)36)21(5)22(6)39-31(37)38-19-20(4)9-3/h16-18,20-22,28-29H,7-15,19,32H2,1-6H3,(H,35,36)/t20?,21?,22?,28?,29-/m0/s1. The second kappa shape index (κ2) is 19.1. The van der Waals surface area contributed by atoms with Crippen molar-refractivity contribution in [1.29, 1.82) is 0 Å². The van der Waals surface area contributed by atoms with Gasteiger partial charge < -0.3 is 29.8 Å². The number of hydrogen-bond acceptors (Lipinski definition) is 9. The lowest BCUT2D eigenvalue weighted by molar-refractivity contribution is -0.140. The summed E-state index contributed by atoms with van der Waals surface area (Å²) in [5, 5.41) is 9.80. The van der Waals surface area contributed by atoms with Gasteiger partial charge in [0.25, 0.3) is 0 Å². The van der Waals surface area contributed by atoms with Crippen LogP contribution in [0, 0.1) is 11.8 Å². The zero-order valence-electron chi connectivity index (χ0n) is 25.5. The van der Waals surface area contributed by atoms with Crippen LogP contribution in [-0.4, -0.2) is 47.9 Å². The smallest absolute Gasteiger partial charge is 0.480 e. The Morgan fingerprint density at radius 2 is 1.41 bits per heavy atom. The van der Waals surface area contributed by atoms with E-state index in [2.05, 4.69) is 0 Å². The fourth-order valence-electron chi connectivity index (χ4n) is 4.19. The molecule has 0 aromatic heterocycles. The minimum absolute atomic E-state index is 0.00385. The van der Waals surface area contributed by atoms with Gasteiger partial charge in [-0.3, -0.25) is 14.4 Å². The summed E-state index contributed by atoms with van der Waals surface area (Å²) in [5.74, 6) is -3.39. The molecule has 1 aromatic carbocycles. The van der Waals surface area contributed by atoms with Gasteiger partial charge in [0.2, 0.25) is 0 Å². The van der Waals surface area contributed by atoms with E-state index >= 15 is 0 Å². The minimum Gasteiger partial charge on any atom is -0.480 e. The van der Waals surface area contributed by atoms with Gasteiger partial charge in [-0.2, -0.15) is 0 Å². The molecule has 0 fully saturated rings. The van der Waals surface area contributed by atoms with Crippen molar-refractivity contribution in [2.24, 2.45) is 17.6 Å². The highest BCUT2D eigenvalue weighted by atomic mass is 16.7. The third kappa shape index (κ3) is 12.9. The van der Waals surface area contributed by atoms with Crippen LogP contribution in [0.4, 0.5) is 4.79 Å². The van der Waals surface area contributed by atoms with Gasteiger partial charge in [0.15, 0.2) is 11.5 Å². The molecule has 0 spiro atoms. The summed E-state index contributed by atoms with van der Waals surface area (Å²) >= 11 is 0. The zero-order valence-corrected chi connectivity index (χ0v) is 25.5. The van der Waals surface area contributed by atoms with Crippen LogP contribution in [0.1, 0.15) is 111 Å². The molecule has 1 aromatic rings. The Bertz CT molecular complexity index is 980. The van der Waals surface area contributed by atoms with Crippen LogP contribution in [-0.2, 0) is 23.9 Å². The SMILES string of the molecule is CCCCCC(=O)Oc1ccc(C(C(C)C(C)OC(=O)OCC(C)CC)[C@H](N)C(=O)O)cc1OC(=O)CCCCC. The van der Waals surface area contributed by atoms with Crippen LogP contribution in [0.25, 0.3) is 0 Å². The molecule has 3 N–H and O–H groups in total. The molecule has 4 unspecified atom stereocenters. The fourth-order valence-corrected chi connectivity index (χ4v) is 4.19. The molecule has 0 heterocycles. The van der Waals surface area contributed by atoms with Crippen molar-refractivity contribution in [1.82, 2.24) is 0 Å². The molecule has 5 atom stereocenters. The van der Waals surface area contributed by atoms with E-state index in [4.69, 9.17) is 24.7 Å². The number of carbonyl (C=O) groups excluding carboxylic acids is 3. The number of carboxylic acids is 1. The van der Waals surface area contributed by atoms with Crippen molar-refractivity contribution in [2.45, 2.75) is 117 Å². The van der Waals surface area contributed by atoms with Crippen LogP contribution in [0.2, 0.25) is 0 Å². The summed E-state index contributed by atoms with van der Waals surface area (Å²) in [4.78, 5) is 49.3. The number of aliphatic carboxylic acids is 1. The molecule has 0 aliphatic carbocycles. The van der Waals surface area contributed by atoms with E-state index in [0.717, 1.165) is 32.1 Å². The van der Waals surface area contributed by atoms with Gasteiger partial charge in [-0.15, -0.1) is 0 Å². The van der Waals surface area contributed by atoms with Crippen molar-refractivity contribution < 1.29 is 43.2 Å². The molecule has 0 bridgehead atoms. The first kappa shape index (κ1) is 35.9. The number of unbranched alkanes of at least 4 members (excludes halogenated alkanes) is 4. The molecule has 0 aliphatic rings. The van der Waals surface area contributed by atoms with E-state index in [1.54, 1.807) is 19.9 Å². The highest BCUT2D eigenvalue weighted by Gasteiger charge is 2.36. The maximum Gasteiger partial charge on any atom is 0.508 e. The quantitative estimate of drug-likeness (QED) is 0.107. The maximum absolute atomic E-state index is 12.6. The van der Waals surface area contributed by atoms with Gasteiger partial charge in [0, 0.05) is 24.7 Å². The van der Waals surface area contributed by atoms with Gasteiger partial charge >= 0.3 is 24.1 Å². The van der Waals surface area contributed by atoms with Gasteiger partial charge in [0.05, 0.1) is 6.61 Å². The molecule has 0 radical (unpaired) electrons. The Balaban J connectivity index is 3.31. The van der Waals surface area contributed by atoms with Crippen molar-refractivity contribution in [2.75, 3.05) is 6.61 Å². The molecular weight excluding hydrogens is 530 g/mol. The maximum atomic E-state index is 12.6. The summed E-state index contributed by atoms with van der Waals surface area (Å²) in [6.07, 6.45) is 4.56. The number of benzene rings is 1. The molecule has 10 nitrogen and oxygen atoms in total. The Morgan fingerprint density at radius 3 is 1.93 bits per heavy atom. The van der Waals surface area contributed by atoms with E-state index < -0.39 is 48.0 Å². The van der Waals surface area contributed by atoms with E-state index in [9.17, 15) is 24.3 Å². The Labute approximate surface area is 244 Å². The molecular formula is C31H49NO9. The lowest BCUT2D eigenvalue weighted by Gasteiger charge is -2.31. The fraction of sp³-hybridized carbons (Fsp3) is 0.677. The van der Waals surface area contributed by atoms with Crippen LogP contribution in [0.15, 0.2) is 18.2 Å². The number of carbonyl (C=O) groups is 4. The van der Waals surface area contributed by atoms with Crippen molar-refractivity contribution in [3.8, 4) is 11.5 Å². The second-order valence-corrected chi connectivity index (χ2v) is 10.7. The first-order valence-electron chi connectivity index (χ1n) is 14.8. The summed E-state index contributed by atoms with van der Waals surface area (Å²) in [6, 6.07) is 3.16. The Kier molecular flexibility index (Phi) is 16.7. The molecule has 0 aliphatic heterocycles. The second-order valence-electron chi connectivity index (χ2n) is 10.7. The predicted molar refractivity (Wildman–Crippen MR) is 155 cm³/mol.